The summed E-state index contributed by atoms with van der Waals surface area (Å²) in [6, 6.07) is -2.98. The number of hydrogen-bond acceptors (Lipinski definition) is 22. The minimum absolute atomic E-state index is 0.676. The fraction of sp³-hybridized carbons (Fsp3) is 0.906. The molecule has 0 aliphatic carbocycles. The summed E-state index contributed by atoms with van der Waals surface area (Å²) in [6.07, 6.45) is -33.9. The Morgan fingerprint density at radius 1 is 0.737 bits per heavy atom. The van der Waals surface area contributed by atoms with E-state index in [9.17, 15) is 75.7 Å². The minimum Gasteiger partial charge on any atom is -0.477 e. The van der Waals surface area contributed by atoms with Gasteiger partial charge in [-0.05, 0) is 6.92 Å². The van der Waals surface area contributed by atoms with Gasteiger partial charge in [0.15, 0.2) is 18.9 Å². The van der Waals surface area contributed by atoms with Crippen LogP contribution in [0, 0.1) is 0 Å². The average molecular weight is 835 g/mol. The number of carbonyl (C=O) groups is 3. The number of nitrogens with one attached hydrogen (secondary N) is 2. The van der Waals surface area contributed by atoms with E-state index in [1.165, 1.54) is 14.0 Å². The predicted molar refractivity (Wildman–Crippen MR) is 178 cm³/mol. The van der Waals surface area contributed by atoms with E-state index in [0.29, 0.717) is 0 Å². The molecule has 21 atom stereocenters. The van der Waals surface area contributed by atoms with Crippen molar-refractivity contribution in [1.82, 2.24) is 10.6 Å². The lowest BCUT2D eigenvalue weighted by molar-refractivity contribution is -0.390. The smallest absolute Gasteiger partial charge is 0.364 e. The molecule has 4 saturated heterocycles. The Balaban J connectivity index is 1.72. The lowest BCUT2D eigenvalue weighted by Gasteiger charge is -2.51. The van der Waals surface area contributed by atoms with E-state index >= 15 is 0 Å². The van der Waals surface area contributed by atoms with E-state index in [4.69, 9.17) is 37.9 Å². The zero-order valence-electron chi connectivity index (χ0n) is 31.2. The molecule has 0 bridgehead atoms. The standard InChI is InChI=1S/C32H54N2O23/c1-9-18(42)21(45)22(46)29(51-9)55-26-17(34-11(3)39)28(50-4)53-15(8-37)24(26)54-30-23(47)27(20(44)14(7-36)52-30)57-32(31(48)49)5-12(40)16(33-10(2)38)25(56-32)19(43)13(41)6-35/h9,12-30,35-37,40-47H,5-8H2,1-4H3,(H,33,38)(H,34,39)(H,48,49)/t9-,12?,13+,14?,15?,16?,17?,18?,19+,20?,21?,22?,23?,24+,25+,26?,27-,28?,29-,30-,32-/m0/s1. The Kier molecular flexibility index (Phi) is 16.4. The lowest BCUT2D eigenvalue weighted by atomic mass is 9.88. The van der Waals surface area contributed by atoms with Gasteiger partial charge in [0, 0.05) is 27.4 Å². The van der Waals surface area contributed by atoms with Crippen LogP contribution in [0.2, 0.25) is 0 Å². The van der Waals surface area contributed by atoms with E-state index in [1.54, 1.807) is 0 Å². The molecule has 0 aromatic carbocycles. The largest absolute Gasteiger partial charge is 0.477 e. The molecule has 0 aromatic rings. The van der Waals surface area contributed by atoms with Crippen molar-refractivity contribution in [3.8, 4) is 0 Å². The number of carboxylic acids is 1. The van der Waals surface area contributed by atoms with Crippen LogP contribution in [-0.4, -0.2) is 234 Å². The quantitative estimate of drug-likeness (QED) is 0.0728. The Bertz CT molecular complexity index is 1350. The number of aliphatic carboxylic acids is 1. The number of carboxylic acid groups (broad SMARTS) is 1. The molecule has 57 heavy (non-hydrogen) atoms. The molecule has 4 aliphatic heterocycles. The first-order valence-electron chi connectivity index (χ1n) is 18.0. The van der Waals surface area contributed by atoms with Gasteiger partial charge in [-0.25, -0.2) is 4.79 Å². The predicted octanol–water partition coefficient (Wildman–Crippen LogP) is -8.57. The van der Waals surface area contributed by atoms with Crippen molar-refractivity contribution in [1.29, 1.82) is 0 Å². The van der Waals surface area contributed by atoms with E-state index in [-0.39, 0.29) is 0 Å². The molecule has 14 N–H and O–H groups in total. The van der Waals surface area contributed by atoms with E-state index in [2.05, 4.69) is 10.6 Å². The molecule has 2 amide bonds. The molecule has 25 heteroatoms. The fourth-order valence-electron chi connectivity index (χ4n) is 7.18. The normalized spacial score (nSPS) is 45.1. The molecule has 330 valence electrons. The summed E-state index contributed by atoms with van der Waals surface area (Å²) in [5, 5.41) is 132. The highest BCUT2D eigenvalue weighted by molar-refractivity contribution is 5.76. The Hall–Kier alpha value is -2.35. The third kappa shape index (κ3) is 10.2. The van der Waals surface area contributed by atoms with Crippen molar-refractivity contribution in [3.05, 3.63) is 0 Å². The number of carbonyl (C=O) groups excluding carboxylic acids is 2. The van der Waals surface area contributed by atoms with Gasteiger partial charge in [-0.2, -0.15) is 0 Å². The highest BCUT2D eigenvalue weighted by Crippen LogP contribution is 2.39. The van der Waals surface area contributed by atoms with E-state index in [1.807, 2.05) is 0 Å². The second-order valence-electron chi connectivity index (χ2n) is 14.2. The molecule has 4 rings (SSSR count). The van der Waals surface area contributed by atoms with Crippen LogP contribution in [0.25, 0.3) is 0 Å². The number of rotatable bonds is 15. The van der Waals surface area contributed by atoms with Crippen molar-refractivity contribution >= 4 is 17.8 Å². The maximum atomic E-state index is 12.9. The fourth-order valence-corrected chi connectivity index (χ4v) is 7.18. The van der Waals surface area contributed by atoms with Crippen LogP contribution >= 0.6 is 0 Å². The van der Waals surface area contributed by atoms with Crippen LogP contribution in [0.15, 0.2) is 0 Å². The first-order chi connectivity index (χ1) is 26.7. The van der Waals surface area contributed by atoms with Gasteiger partial charge in [0.2, 0.25) is 11.8 Å². The third-order valence-corrected chi connectivity index (χ3v) is 10.2. The van der Waals surface area contributed by atoms with Gasteiger partial charge in [-0.1, -0.05) is 0 Å². The molecule has 12 unspecified atom stereocenters. The summed E-state index contributed by atoms with van der Waals surface area (Å²) in [6.45, 7) is 0.506. The van der Waals surface area contributed by atoms with Gasteiger partial charge in [-0.3, -0.25) is 9.59 Å². The summed E-state index contributed by atoms with van der Waals surface area (Å²) in [5.41, 5.74) is 0. The van der Waals surface area contributed by atoms with Crippen LogP contribution in [0.4, 0.5) is 0 Å². The first-order valence-corrected chi connectivity index (χ1v) is 18.0. The molecule has 4 heterocycles. The van der Waals surface area contributed by atoms with Gasteiger partial charge in [0.1, 0.15) is 85.4 Å². The summed E-state index contributed by atoms with van der Waals surface area (Å²) >= 11 is 0. The van der Waals surface area contributed by atoms with Crippen LogP contribution in [0.3, 0.4) is 0 Å². The first kappa shape index (κ1) is 47.3. The summed E-state index contributed by atoms with van der Waals surface area (Å²) in [7, 11) is 1.18. The Morgan fingerprint density at radius 3 is 1.84 bits per heavy atom. The maximum absolute atomic E-state index is 12.9. The molecule has 0 saturated carbocycles. The SMILES string of the molecule is COC1OC(CO)[C@@H](O[C@@H]2OC(CO)C(O)[C@H](O[C@]3(C(=O)O)CC(O)C(NC(C)=O)[C@H]([C@H](O)[C@H](O)CO)O3)C2O)C(O[C@@H]2O[C@@H](C)C(O)C(O)C2O)C1NC(C)=O. The number of ether oxygens (including phenoxy) is 8. The topological polar surface area (TPSA) is 392 Å². The maximum Gasteiger partial charge on any atom is 0.364 e. The number of hydrogen-bond donors (Lipinski definition) is 14. The number of aliphatic hydroxyl groups excluding tert-OH is 11. The minimum atomic E-state index is -3.10. The Labute approximate surface area is 324 Å². The third-order valence-electron chi connectivity index (χ3n) is 10.2. The van der Waals surface area contributed by atoms with Gasteiger partial charge in [0.25, 0.3) is 5.79 Å². The zero-order chi connectivity index (χ0) is 42.7. The van der Waals surface area contributed by atoms with Crippen molar-refractivity contribution in [2.45, 2.75) is 155 Å². The molecule has 4 fully saturated rings. The molecule has 4 aliphatic rings. The lowest BCUT2D eigenvalue weighted by Crippen LogP contribution is -2.71. The van der Waals surface area contributed by atoms with Gasteiger partial charge in [-0.15, -0.1) is 0 Å². The van der Waals surface area contributed by atoms with E-state index in [0.717, 1.165) is 13.8 Å². The monoisotopic (exact) mass is 834 g/mol. The molecule has 0 aromatic heterocycles. The molecular weight excluding hydrogens is 780 g/mol. The average Bonchev–Trinajstić information content (AvgIpc) is 3.16. The van der Waals surface area contributed by atoms with Gasteiger partial charge < -0.3 is 110 Å². The summed E-state index contributed by atoms with van der Waals surface area (Å²) in [5.74, 6) is -6.56. The molecule has 0 spiro atoms. The van der Waals surface area contributed by atoms with Gasteiger partial charge >= 0.3 is 5.97 Å². The second kappa shape index (κ2) is 19.8. The number of amides is 2. The number of methoxy groups -OCH3 is 1. The van der Waals surface area contributed by atoms with Crippen molar-refractivity contribution < 1.29 is 114 Å². The molecule has 25 nitrogen and oxygen atoms in total. The zero-order valence-corrected chi connectivity index (χ0v) is 31.2. The molecule has 0 radical (unpaired) electrons. The second-order valence-corrected chi connectivity index (χ2v) is 14.2. The van der Waals surface area contributed by atoms with Crippen molar-refractivity contribution in [2.75, 3.05) is 26.9 Å². The van der Waals surface area contributed by atoms with Gasteiger partial charge in [0.05, 0.1) is 38.1 Å². The summed E-state index contributed by atoms with van der Waals surface area (Å²) < 4.78 is 45.8. The van der Waals surface area contributed by atoms with Crippen LogP contribution in [0.5, 0.6) is 0 Å². The van der Waals surface area contributed by atoms with E-state index < -0.39 is 172 Å². The van der Waals surface area contributed by atoms with Crippen LogP contribution < -0.4 is 10.6 Å². The van der Waals surface area contributed by atoms with Crippen LogP contribution in [0.1, 0.15) is 27.2 Å². The highest BCUT2D eigenvalue weighted by Gasteiger charge is 2.60. The Morgan fingerprint density at radius 2 is 1.30 bits per heavy atom. The molecular formula is C32H54N2O23. The number of aliphatic hydroxyl groups is 11. The van der Waals surface area contributed by atoms with Crippen molar-refractivity contribution in [2.24, 2.45) is 0 Å². The summed E-state index contributed by atoms with van der Waals surface area (Å²) in [4.78, 5) is 37.2. The van der Waals surface area contributed by atoms with Crippen molar-refractivity contribution in [3.63, 3.8) is 0 Å². The van der Waals surface area contributed by atoms with Crippen LogP contribution in [-0.2, 0) is 52.3 Å². The highest BCUT2D eigenvalue weighted by atomic mass is 16.8.